The lowest BCUT2D eigenvalue weighted by Crippen LogP contribution is -2.25. The maximum Gasteiger partial charge on any atom is 0.255 e. The highest BCUT2D eigenvalue weighted by Crippen LogP contribution is 2.39. The number of allylic oxidation sites excluding steroid dienone is 2. The van der Waals surface area contributed by atoms with Crippen LogP contribution in [0.5, 0.6) is 11.5 Å². The Labute approximate surface area is 279 Å². The van der Waals surface area contributed by atoms with Crippen LogP contribution in [-0.2, 0) is 9.84 Å². The van der Waals surface area contributed by atoms with Gasteiger partial charge in [0, 0.05) is 28.1 Å². The van der Waals surface area contributed by atoms with Gasteiger partial charge in [-0.3, -0.25) is 14.4 Å². The van der Waals surface area contributed by atoms with Crippen molar-refractivity contribution in [2.75, 3.05) is 24.9 Å². The summed E-state index contributed by atoms with van der Waals surface area (Å²) in [6.07, 6.45) is 0. The van der Waals surface area contributed by atoms with Crippen molar-refractivity contribution in [3.63, 3.8) is 0 Å². The predicted octanol–water partition coefficient (Wildman–Crippen LogP) is 7.35. The van der Waals surface area contributed by atoms with Crippen LogP contribution in [0.1, 0.15) is 31.1 Å². The highest BCUT2D eigenvalue weighted by Gasteiger charge is 2.33. The van der Waals surface area contributed by atoms with E-state index in [1.807, 2.05) is 17.5 Å². The van der Waals surface area contributed by atoms with Gasteiger partial charge in [-0.25, -0.2) is 8.42 Å². The van der Waals surface area contributed by atoms with E-state index in [4.69, 9.17) is 9.47 Å². The number of fused-ring (bicyclic) bond motifs is 1. The SMILES string of the molecule is COc1ccc(C(=O)Nc2ccc(S(=O)(=O)c3ccc(NC4=C(Sc5cccs5)C(=O)c5ccccc5C4=O)cc3)cc2)cc1OC. The Morgan fingerprint density at radius 1 is 0.723 bits per heavy atom. The zero-order valence-corrected chi connectivity index (χ0v) is 27.4. The summed E-state index contributed by atoms with van der Waals surface area (Å²) in [6.45, 7) is 0. The van der Waals surface area contributed by atoms with E-state index in [0.717, 1.165) is 4.21 Å². The molecule has 1 heterocycles. The molecule has 0 aliphatic heterocycles. The smallest absolute Gasteiger partial charge is 0.255 e. The number of carbonyl (C=O) groups is 3. The fraction of sp³-hybridized carbons (Fsp3) is 0.0571. The van der Waals surface area contributed by atoms with Crippen LogP contribution in [0, 0.1) is 0 Å². The second-order valence-corrected chi connectivity index (χ2v) is 14.4. The van der Waals surface area contributed by atoms with E-state index in [0.29, 0.717) is 39.6 Å². The third kappa shape index (κ3) is 6.43. The first kappa shape index (κ1) is 31.8. The lowest BCUT2D eigenvalue weighted by Gasteiger charge is -2.21. The number of thiophene rings is 1. The molecule has 4 aromatic carbocycles. The van der Waals surface area contributed by atoms with Crippen LogP contribution >= 0.6 is 23.1 Å². The highest BCUT2D eigenvalue weighted by atomic mass is 32.2. The summed E-state index contributed by atoms with van der Waals surface area (Å²) in [5, 5.41) is 7.72. The number of hydrogen-bond acceptors (Lipinski definition) is 10. The molecule has 1 aliphatic carbocycles. The van der Waals surface area contributed by atoms with Gasteiger partial charge >= 0.3 is 0 Å². The standard InChI is InChI=1S/C35H26N2O7S3/c1-43-28-18-9-21(20-29(28)44-2)35(40)37-23-12-16-25(17-13-23)47(41,42)24-14-10-22(11-15-24)36-31-32(38)26-6-3-4-7-27(26)33(39)34(31)46-30-8-5-19-45-30/h3-20,36H,1-2H3,(H,37,40). The molecule has 12 heteroatoms. The van der Waals surface area contributed by atoms with Gasteiger partial charge < -0.3 is 20.1 Å². The molecule has 9 nitrogen and oxygen atoms in total. The van der Waals surface area contributed by atoms with E-state index in [1.54, 1.807) is 54.6 Å². The molecule has 0 saturated carbocycles. The molecule has 1 aliphatic rings. The van der Waals surface area contributed by atoms with Crippen LogP contribution in [0.15, 0.2) is 133 Å². The zero-order chi connectivity index (χ0) is 33.1. The summed E-state index contributed by atoms with van der Waals surface area (Å²) in [4.78, 5) is 40.1. The van der Waals surface area contributed by atoms with E-state index in [1.165, 1.54) is 73.7 Å². The Bertz CT molecular complexity index is 2140. The van der Waals surface area contributed by atoms with Crippen molar-refractivity contribution in [2.24, 2.45) is 0 Å². The van der Waals surface area contributed by atoms with E-state index in [2.05, 4.69) is 10.6 Å². The van der Waals surface area contributed by atoms with Crippen molar-refractivity contribution < 1.29 is 32.3 Å². The Morgan fingerprint density at radius 3 is 1.94 bits per heavy atom. The molecule has 2 N–H and O–H groups in total. The van der Waals surface area contributed by atoms with Gasteiger partial charge in [0.15, 0.2) is 11.5 Å². The van der Waals surface area contributed by atoms with Gasteiger partial charge in [-0.05, 0) is 78.2 Å². The molecule has 6 rings (SSSR count). The third-order valence-corrected chi connectivity index (χ3v) is 11.2. The fourth-order valence-electron chi connectivity index (χ4n) is 4.88. The molecule has 0 fully saturated rings. The van der Waals surface area contributed by atoms with Gasteiger partial charge in [0.2, 0.25) is 21.4 Å². The lowest BCUT2D eigenvalue weighted by atomic mass is 9.92. The number of sulfone groups is 1. The minimum Gasteiger partial charge on any atom is -0.493 e. The number of methoxy groups -OCH3 is 2. The molecular weight excluding hydrogens is 657 g/mol. The quantitative estimate of drug-likeness (QED) is 0.155. The molecule has 236 valence electrons. The summed E-state index contributed by atoms with van der Waals surface area (Å²) in [5.74, 6) is -0.0987. The van der Waals surface area contributed by atoms with Crippen LogP contribution in [0.4, 0.5) is 11.4 Å². The van der Waals surface area contributed by atoms with Crippen molar-refractivity contribution in [3.8, 4) is 11.5 Å². The van der Waals surface area contributed by atoms with E-state index in [9.17, 15) is 22.8 Å². The van der Waals surface area contributed by atoms with Crippen molar-refractivity contribution in [1.82, 2.24) is 0 Å². The molecule has 0 atom stereocenters. The minimum atomic E-state index is -3.91. The minimum absolute atomic E-state index is 0.0312. The average molecular weight is 683 g/mol. The molecule has 0 spiro atoms. The molecule has 0 bridgehead atoms. The summed E-state index contributed by atoms with van der Waals surface area (Å²) in [5.41, 5.74) is 1.96. The van der Waals surface area contributed by atoms with Crippen LogP contribution < -0.4 is 20.1 Å². The normalized spacial score (nSPS) is 12.8. The van der Waals surface area contributed by atoms with Gasteiger partial charge in [-0.1, -0.05) is 42.1 Å². The van der Waals surface area contributed by atoms with Crippen LogP contribution in [0.25, 0.3) is 0 Å². The van der Waals surface area contributed by atoms with Gasteiger partial charge in [-0.2, -0.15) is 0 Å². The Balaban J connectivity index is 1.20. The van der Waals surface area contributed by atoms with Gasteiger partial charge in [0.1, 0.15) is 5.70 Å². The second kappa shape index (κ2) is 13.3. The number of amides is 1. The third-order valence-electron chi connectivity index (χ3n) is 7.28. The predicted molar refractivity (Wildman–Crippen MR) is 182 cm³/mol. The number of thioether (sulfide) groups is 1. The number of nitrogens with one attached hydrogen (secondary N) is 2. The van der Waals surface area contributed by atoms with Crippen LogP contribution in [-0.4, -0.2) is 40.1 Å². The number of ether oxygens (including phenoxy) is 2. The summed E-state index contributed by atoms with van der Waals surface area (Å²) < 4.78 is 38.2. The van der Waals surface area contributed by atoms with Crippen molar-refractivity contribution in [1.29, 1.82) is 0 Å². The van der Waals surface area contributed by atoms with E-state index in [-0.39, 0.29) is 32.0 Å². The molecule has 1 aromatic heterocycles. The molecular formula is C35H26N2O7S3. The number of carbonyl (C=O) groups excluding carboxylic acids is 3. The Hall–Kier alpha value is -5.17. The number of rotatable bonds is 10. The first-order valence-corrected chi connectivity index (χ1v) is 17.3. The number of Topliss-reactive ketones (excluding diaryl/α,β-unsaturated/α-hetero) is 2. The second-order valence-electron chi connectivity index (χ2n) is 10.1. The number of benzene rings is 4. The molecule has 0 unspecified atom stereocenters. The van der Waals surface area contributed by atoms with Gasteiger partial charge in [0.25, 0.3) is 5.91 Å². The monoisotopic (exact) mass is 682 g/mol. The molecule has 1 amide bonds. The Morgan fingerprint density at radius 2 is 1.34 bits per heavy atom. The number of ketones is 2. The molecule has 0 radical (unpaired) electrons. The lowest BCUT2D eigenvalue weighted by molar-refractivity contribution is 0.0982. The maximum absolute atomic E-state index is 13.5. The topological polar surface area (TPSA) is 128 Å². The first-order valence-electron chi connectivity index (χ1n) is 14.1. The van der Waals surface area contributed by atoms with Crippen molar-refractivity contribution in [3.05, 3.63) is 136 Å². The average Bonchev–Trinajstić information content (AvgIpc) is 3.62. The fourth-order valence-corrected chi connectivity index (χ4v) is 8.00. The van der Waals surface area contributed by atoms with Crippen LogP contribution in [0.3, 0.4) is 0 Å². The molecule has 5 aromatic rings. The number of hydrogen-bond donors (Lipinski definition) is 2. The first-order chi connectivity index (χ1) is 22.7. The number of anilines is 2. The van der Waals surface area contributed by atoms with Crippen molar-refractivity contribution >= 4 is 61.8 Å². The van der Waals surface area contributed by atoms with E-state index < -0.39 is 15.7 Å². The molecule has 0 saturated heterocycles. The maximum atomic E-state index is 13.5. The van der Waals surface area contributed by atoms with Crippen LogP contribution in [0.2, 0.25) is 0 Å². The highest BCUT2D eigenvalue weighted by molar-refractivity contribution is 8.05. The molecule has 47 heavy (non-hydrogen) atoms. The summed E-state index contributed by atoms with van der Waals surface area (Å²) in [6, 6.07) is 27.0. The Kier molecular flexibility index (Phi) is 8.99. The largest absolute Gasteiger partial charge is 0.493 e. The summed E-state index contributed by atoms with van der Waals surface area (Å²) in [7, 11) is -0.940. The van der Waals surface area contributed by atoms with E-state index >= 15 is 0 Å². The van der Waals surface area contributed by atoms with Gasteiger partial charge in [0.05, 0.1) is 33.1 Å². The van der Waals surface area contributed by atoms with Gasteiger partial charge in [-0.15, -0.1) is 11.3 Å². The zero-order valence-electron chi connectivity index (χ0n) is 25.0. The summed E-state index contributed by atoms with van der Waals surface area (Å²) >= 11 is 2.68. The van der Waals surface area contributed by atoms with Crippen molar-refractivity contribution in [2.45, 2.75) is 14.0 Å².